The Balaban J connectivity index is 1.65. The second-order valence-electron chi connectivity index (χ2n) is 6.53. The van der Waals surface area contributed by atoms with Gasteiger partial charge in [0.1, 0.15) is 22.9 Å². The van der Waals surface area contributed by atoms with E-state index in [-0.39, 0.29) is 19.1 Å². The molecule has 0 aliphatic carbocycles. The lowest BCUT2D eigenvalue weighted by molar-refractivity contribution is -0.113. The van der Waals surface area contributed by atoms with Gasteiger partial charge in [-0.15, -0.1) is 11.3 Å². The van der Waals surface area contributed by atoms with Crippen molar-refractivity contribution in [1.29, 1.82) is 0 Å². The minimum absolute atomic E-state index is 0.131. The average Bonchev–Trinajstić information content (AvgIpc) is 3.17. The molecule has 152 valence electrons. The minimum Gasteiger partial charge on any atom is -0.488 e. The third-order valence-corrected chi connectivity index (χ3v) is 5.69. The fourth-order valence-corrected chi connectivity index (χ4v) is 4.28. The zero-order valence-electron chi connectivity index (χ0n) is 16.1. The number of hydrogen-bond acceptors (Lipinski definition) is 5. The summed E-state index contributed by atoms with van der Waals surface area (Å²) in [5.74, 6) is -0.141. The first-order chi connectivity index (χ1) is 14.6. The number of ether oxygens (including phenoxy) is 2. The van der Waals surface area contributed by atoms with Crippen molar-refractivity contribution >= 4 is 45.9 Å². The van der Waals surface area contributed by atoms with Crippen molar-refractivity contribution in [2.75, 3.05) is 18.5 Å². The molecule has 5 nitrogen and oxygen atoms in total. The number of esters is 1. The van der Waals surface area contributed by atoms with Gasteiger partial charge < -0.3 is 14.8 Å². The lowest BCUT2D eigenvalue weighted by Crippen LogP contribution is -2.22. The Hall–Kier alpha value is -3.09. The van der Waals surface area contributed by atoms with E-state index in [4.69, 9.17) is 21.1 Å². The van der Waals surface area contributed by atoms with Gasteiger partial charge in [-0.2, -0.15) is 0 Å². The SMILES string of the molecule is CCOC(=O)c1c(-c2ccccc2)csc1NC(=O)C1=Cc2cc(Cl)ccc2OC1. The second-order valence-corrected chi connectivity index (χ2v) is 7.85. The zero-order chi connectivity index (χ0) is 21.1. The summed E-state index contributed by atoms with van der Waals surface area (Å²) in [5.41, 5.74) is 3.12. The number of carbonyl (C=O) groups excluding carboxylic acids is 2. The molecule has 0 saturated carbocycles. The van der Waals surface area contributed by atoms with Crippen LogP contribution in [0, 0.1) is 0 Å². The molecule has 1 aromatic heterocycles. The number of nitrogens with one attached hydrogen (secondary N) is 1. The normalized spacial score (nSPS) is 12.4. The van der Waals surface area contributed by atoms with Crippen LogP contribution in [0.5, 0.6) is 5.75 Å². The van der Waals surface area contributed by atoms with E-state index < -0.39 is 5.97 Å². The number of fused-ring (bicyclic) bond motifs is 1. The molecule has 1 amide bonds. The van der Waals surface area contributed by atoms with Crippen molar-refractivity contribution in [3.8, 4) is 16.9 Å². The van der Waals surface area contributed by atoms with Crippen molar-refractivity contribution in [2.45, 2.75) is 6.92 Å². The van der Waals surface area contributed by atoms with Crippen LogP contribution in [0.2, 0.25) is 5.02 Å². The van der Waals surface area contributed by atoms with Crippen LogP contribution in [0.15, 0.2) is 59.5 Å². The smallest absolute Gasteiger partial charge is 0.341 e. The van der Waals surface area contributed by atoms with E-state index >= 15 is 0 Å². The molecule has 1 aliphatic heterocycles. The molecule has 0 unspecified atom stereocenters. The van der Waals surface area contributed by atoms with Crippen LogP contribution in [0.3, 0.4) is 0 Å². The van der Waals surface area contributed by atoms with Gasteiger partial charge in [0.05, 0.1) is 12.2 Å². The van der Waals surface area contributed by atoms with Crippen molar-refractivity contribution < 1.29 is 19.1 Å². The molecule has 0 radical (unpaired) electrons. The molecule has 1 aliphatic rings. The maximum absolute atomic E-state index is 12.9. The Morgan fingerprint density at radius 3 is 2.77 bits per heavy atom. The summed E-state index contributed by atoms with van der Waals surface area (Å²) in [6.45, 7) is 2.12. The molecule has 4 rings (SSSR count). The summed E-state index contributed by atoms with van der Waals surface area (Å²) in [5, 5.41) is 5.70. The monoisotopic (exact) mass is 439 g/mol. The van der Waals surface area contributed by atoms with Gasteiger partial charge in [0.15, 0.2) is 0 Å². The summed E-state index contributed by atoms with van der Waals surface area (Å²) >= 11 is 7.33. The highest BCUT2D eigenvalue weighted by Gasteiger charge is 2.25. The molecule has 0 saturated heterocycles. The number of rotatable bonds is 5. The van der Waals surface area contributed by atoms with E-state index in [0.29, 0.717) is 26.9 Å². The molecule has 0 atom stereocenters. The van der Waals surface area contributed by atoms with E-state index in [1.807, 2.05) is 35.7 Å². The van der Waals surface area contributed by atoms with Crippen molar-refractivity contribution in [3.63, 3.8) is 0 Å². The zero-order valence-corrected chi connectivity index (χ0v) is 17.7. The average molecular weight is 440 g/mol. The fourth-order valence-electron chi connectivity index (χ4n) is 3.15. The highest BCUT2D eigenvalue weighted by Crippen LogP contribution is 2.37. The molecule has 0 spiro atoms. The predicted molar refractivity (Wildman–Crippen MR) is 119 cm³/mol. The first kappa shape index (κ1) is 20.2. The Morgan fingerprint density at radius 1 is 1.20 bits per heavy atom. The molecule has 0 bridgehead atoms. The Labute approximate surface area is 182 Å². The number of carbonyl (C=O) groups is 2. The molecule has 0 fully saturated rings. The Bertz CT molecular complexity index is 1140. The van der Waals surface area contributed by atoms with E-state index in [1.165, 1.54) is 11.3 Å². The molecule has 7 heteroatoms. The molecular formula is C23H18ClNO4S. The van der Waals surface area contributed by atoms with E-state index in [2.05, 4.69) is 5.32 Å². The molecular weight excluding hydrogens is 422 g/mol. The van der Waals surface area contributed by atoms with Crippen LogP contribution >= 0.6 is 22.9 Å². The Morgan fingerprint density at radius 2 is 2.00 bits per heavy atom. The molecule has 2 heterocycles. The Kier molecular flexibility index (Phi) is 5.88. The second kappa shape index (κ2) is 8.73. The number of hydrogen-bond donors (Lipinski definition) is 1. The molecule has 2 aromatic carbocycles. The first-order valence-corrected chi connectivity index (χ1v) is 10.6. The van der Waals surface area contributed by atoms with E-state index in [1.54, 1.807) is 31.2 Å². The quantitative estimate of drug-likeness (QED) is 0.521. The van der Waals surface area contributed by atoms with Crippen LogP contribution in [0.1, 0.15) is 22.8 Å². The molecule has 3 aromatic rings. The van der Waals surface area contributed by atoms with Gasteiger partial charge in [0.2, 0.25) is 0 Å². The van der Waals surface area contributed by atoms with Gasteiger partial charge in [0.25, 0.3) is 5.91 Å². The van der Waals surface area contributed by atoms with Gasteiger partial charge in [-0.3, -0.25) is 4.79 Å². The number of benzene rings is 2. The van der Waals surface area contributed by atoms with Gasteiger partial charge >= 0.3 is 5.97 Å². The number of thiophene rings is 1. The van der Waals surface area contributed by atoms with Crippen LogP contribution < -0.4 is 10.1 Å². The van der Waals surface area contributed by atoms with Gasteiger partial charge in [-0.05, 0) is 36.8 Å². The summed E-state index contributed by atoms with van der Waals surface area (Å²) in [7, 11) is 0. The third kappa shape index (κ3) is 4.10. The van der Waals surface area contributed by atoms with Crippen molar-refractivity contribution in [1.82, 2.24) is 0 Å². The van der Waals surface area contributed by atoms with Gasteiger partial charge in [-0.25, -0.2) is 4.79 Å². The van der Waals surface area contributed by atoms with E-state index in [0.717, 1.165) is 16.7 Å². The van der Waals surface area contributed by atoms with Crippen LogP contribution in [-0.2, 0) is 9.53 Å². The van der Waals surface area contributed by atoms with Gasteiger partial charge in [0, 0.05) is 21.5 Å². The maximum Gasteiger partial charge on any atom is 0.341 e. The lowest BCUT2D eigenvalue weighted by atomic mass is 10.0. The summed E-state index contributed by atoms with van der Waals surface area (Å²) in [6.07, 6.45) is 1.75. The molecule has 1 N–H and O–H groups in total. The minimum atomic E-state index is -0.473. The first-order valence-electron chi connectivity index (χ1n) is 9.35. The van der Waals surface area contributed by atoms with Crippen LogP contribution in [-0.4, -0.2) is 25.1 Å². The molecule has 30 heavy (non-hydrogen) atoms. The maximum atomic E-state index is 12.9. The highest BCUT2D eigenvalue weighted by atomic mass is 35.5. The summed E-state index contributed by atoms with van der Waals surface area (Å²) in [6, 6.07) is 14.8. The van der Waals surface area contributed by atoms with Crippen molar-refractivity contribution in [2.24, 2.45) is 0 Å². The van der Waals surface area contributed by atoms with Gasteiger partial charge in [-0.1, -0.05) is 41.9 Å². The number of halogens is 1. The number of amides is 1. The highest BCUT2D eigenvalue weighted by molar-refractivity contribution is 7.15. The summed E-state index contributed by atoms with van der Waals surface area (Å²) in [4.78, 5) is 25.6. The topological polar surface area (TPSA) is 64.6 Å². The predicted octanol–water partition coefficient (Wildman–Crippen LogP) is 5.66. The fraction of sp³-hybridized carbons (Fsp3) is 0.130. The number of anilines is 1. The van der Waals surface area contributed by atoms with Crippen LogP contribution in [0.4, 0.5) is 5.00 Å². The van der Waals surface area contributed by atoms with Crippen LogP contribution in [0.25, 0.3) is 17.2 Å². The summed E-state index contributed by atoms with van der Waals surface area (Å²) < 4.78 is 10.9. The van der Waals surface area contributed by atoms with Crippen molar-refractivity contribution in [3.05, 3.63) is 75.6 Å². The lowest BCUT2D eigenvalue weighted by Gasteiger charge is -2.18. The largest absolute Gasteiger partial charge is 0.488 e. The third-order valence-electron chi connectivity index (χ3n) is 4.56. The van der Waals surface area contributed by atoms with E-state index in [9.17, 15) is 9.59 Å². The standard InChI is InChI=1S/C23H18ClNO4S/c1-2-28-23(27)20-18(14-6-4-3-5-7-14)13-30-22(20)25-21(26)16-10-15-11-17(24)8-9-19(15)29-12-16/h3-11,13H,2,12H2,1H3,(H,25,26).